The van der Waals surface area contributed by atoms with Gasteiger partial charge in [-0.2, -0.15) is 0 Å². The van der Waals surface area contributed by atoms with Crippen LogP contribution in [0.5, 0.6) is 0 Å². The lowest BCUT2D eigenvalue weighted by Crippen LogP contribution is -2.28. The number of rotatable bonds is 4. The number of amides is 1. The second-order valence-corrected chi connectivity index (χ2v) is 5.19. The molecule has 3 rings (SSSR count). The summed E-state index contributed by atoms with van der Waals surface area (Å²) in [5.41, 5.74) is 1.33. The van der Waals surface area contributed by atoms with Gasteiger partial charge in [0.2, 0.25) is 5.91 Å². The van der Waals surface area contributed by atoms with Crippen molar-refractivity contribution in [3.63, 3.8) is 0 Å². The van der Waals surface area contributed by atoms with E-state index in [1.165, 1.54) is 6.33 Å². The number of aliphatic hydroxyl groups is 1. The van der Waals surface area contributed by atoms with Crippen molar-refractivity contribution in [1.82, 2.24) is 14.5 Å². The summed E-state index contributed by atoms with van der Waals surface area (Å²) < 4.78 is 1.54. The normalized spacial score (nSPS) is 12.3. The first-order valence-electron chi connectivity index (χ1n) is 6.62. The number of nitrogens with one attached hydrogen (secondary N) is 1. The minimum atomic E-state index is -0.738. The van der Waals surface area contributed by atoms with Crippen molar-refractivity contribution >= 4 is 34.1 Å². The van der Waals surface area contributed by atoms with E-state index in [2.05, 4.69) is 15.3 Å². The Bertz CT molecular complexity index is 804. The number of aliphatic hydroxyl groups excluding tert-OH is 1. The van der Waals surface area contributed by atoms with Crippen LogP contribution in [-0.2, 0) is 4.79 Å². The van der Waals surface area contributed by atoms with Crippen LogP contribution in [0.25, 0.3) is 10.9 Å². The van der Waals surface area contributed by atoms with Crippen LogP contribution in [0.1, 0.15) is 6.04 Å². The number of nitrogens with zero attached hydrogens (tertiary/aromatic N) is 3. The Hall–Kier alpha value is -2.44. The van der Waals surface area contributed by atoms with Crippen molar-refractivity contribution in [3.8, 4) is 0 Å². The molecule has 0 aliphatic heterocycles. The number of carbonyl (C=O) groups excluding carboxylic acids is 1. The molecule has 1 aromatic carbocycles. The second-order valence-electron chi connectivity index (χ2n) is 4.76. The van der Waals surface area contributed by atoms with Gasteiger partial charge in [-0.25, -0.2) is 4.98 Å². The third-order valence-electron chi connectivity index (χ3n) is 3.27. The minimum absolute atomic E-state index is 0.324. The Morgan fingerprint density at radius 1 is 1.41 bits per heavy atom. The van der Waals surface area contributed by atoms with Gasteiger partial charge in [-0.15, -0.1) is 0 Å². The van der Waals surface area contributed by atoms with E-state index in [-0.39, 0.29) is 12.5 Å². The molecule has 1 atom stereocenters. The Morgan fingerprint density at radius 3 is 3.00 bits per heavy atom. The van der Waals surface area contributed by atoms with Gasteiger partial charge in [0.15, 0.2) is 0 Å². The van der Waals surface area contributed by atoms with E-state index in [0.29, 0.717) is 10.7 Å². The van der Waals surface area contributed by atoms with Crippen LogP contribution in [0, 0.1) is 0 Å². The van der Waals surface area contributed by atoms with Gasteiger partial charge in [0, 0.05) is 22.8 Å². The third-order valence-corrected chi connectivity index (χ3v) is 3.51. The Kier molecular flexibility index (Phi) is 4.04. The summed E-state index contributed by atoms with van der Waals surface area (Å²) in [4.78, 5) is 20.4. The molecule has 1 amide bonds. The van der Waals surface area contributed by atoms with Crippen molar-refractivity contribution < 1.29 is 9.90 Å². The molecule has 0 spiro atoms. The number of benzene rings is 1. The first-order valence-corrected chi connectivity index (χ1v) is 6.99. The van der Waals surface area contributed by atoms with E-state index in [0.717, 1.165) is 10.9 Å². The molecule has 0 unspecified atom stereocenters. The molecule has 0 radical (unpaired) electrons. The van der Waals surface area contributed by atoms with Gasteiger partial charge < -0.3 is 15.0 Å². The second kappa shape index (κ2) is 6.13. The van der Waals surface area contributed by atoms with E-state index >= 15 is 0 Å². The van der Waals surface area contributed by atoms with E-state index in [4.69, 9.17) is 11.6 Å². The van der Waals surface area contributed by atoms with Gasteiger partial charge in [-0.05, 0) is 24.3 Å². The Labute approximate surface area is 131 Å². The van der Waals surface area contributed by atoms with Crippen LogP contribution < -0.4 is 5.32 Å². The van der Waals surface area contributed by atoms with Crippen molar-refractivity contribution in [3.05, 3.63) is 54.2 Å². The number of hydrogen-bond donors (Lipinski definition) is 2. The molecular weight excluding hydrogens is 304 g/mol. The first-order chi connectivity index (χ1) is 10.7. The number of carbonyl (C=O) groups is 1. The molecule has 22 heavy (non-hydrogen) atoms. The largest absolute Gasteiger partial charge is 0.394 e. The van der Waals surface area contributed by atoms with Crippen molar-refractivity contribution in [2.24, 2.45) is 0 Å². The Balaban J connectivity index is 1.84. The quantitative estimate of drug-likeness (QED) is 0.773. The zero-order valence-electron chi connectivity index (χ0n) is 11.5. The summed E-state index contributed by atoms with van der Waals surface area (Å²) in [6.07, 6.45) is 6.23. The summed E-state index contributed by atoms with van der Waals surface area (Å²) >= 11 is 5.96. The number of aromatic nitrogens is 3. The molecule has 2 aromatic heterocycles. The summed E-state index contributed by atoms with van der Waals surface area (Å²) in [6, 6.07) is 6.40. The highest BCUT2D eigenvalue weighted by Gasteiger charge is 2.19. The van der Waals surface area contributed by atoms with E-state index in [1.54, 1.807) is 41.4 Å². The van der Waals surface area contributed by atoms with Crippen LogP contribution in [0.2, 0.25) is 5.02 Å². The Morgan fingerprint density at radius 2 is 2.27 bits per heavy atom. The highest BCUT2D eigenvalue weighted by Crippen LogP contribution is 2.21. The number of hydrogen-bond acceptors (Lipinski definition) is 4. The molecule has 0 bridgehead atoms. The summed E-state index contributed by atoms with van der Waals surface area (Å²) in [5, 5.41) is 13.6. The summed E-state index contributed by atoms with van der Waals surface area (Å²) in [5.74, 6) is -0.344. The fraction of sp³-hybridized carbons (Fsp3) is 0.133. The molecule has 0 aliphatic carbocycles. The highest BCUT2D eigenvalue weighted by molar-refractivity contribution is 6.31. The standard InChI is InChI=1S/C15H13ClN4O2/c16-11-1-2-13-10(5-11)6-12(7-18-13)19-15(22)14(8-21)20-4-3-17-9-20/h1-7,9,14,21H,8H2,(H,19,22)/t14-/m0/s1. The van der Waals surface area contributed by atoms with Crippen LogP contribution in [-0.4, -0.2) is 32.2 Å². The lowest BCUT2D eigenvalue weighted by atomic mass is 10.2. The SMILES string of the molecule is O=C(Nc1cnc2ccc(Cl)cc2c1)[C@H](CO)n1ccnc1. The molecule has 2 heterocycles. The molecular formula is C15H13ClN4O2. The molecule has 0 aliphatic rings. The maximum absolute atomic E-state index is 12.3. The third kappa shape index (κ3) is 2.93. The van der Waals surface area contributed by atoms with Gasteiger partial charge in [-0.3, -0.25) is 9.78 Å². The number of pyridine rings is 1. The number of halogens is 1. The number of imidazole rings is 1. The van der Waals surface area contributed by atoms with E-state index in [1.807, 2.05) is 6.07 Å². The average Bonchev–Trinajstić information content (AvgIpc) is 3.01. The van der Waals surface area contributed by atoms with Gasteiger partial charge in [-0.1, -0.05) is 11.6 Å². The fourth-order valence-electron chi connectivity index (χ4n) is 2.16. The molecule has 7 heteroatoms. The molecule has 2 N–H and O–H groups in total. The number of fused-ring (bicyclic) bond motifs is 1. The van der Waals surface area contributed by atoms with Crippen LogP contribution in [0.3, 0.4) is 0 Å². The van der Waals surface area contributed by atoms with E-state index < -0.39 is 6.04 Å². The zero-order valence-corrected chi connectivity index (χ0v) is 12.2. The van der Waals surface area contributed by atoms with Crippen molar-refractivity contribution in [2.75, 3.05) is 11.9 Å². The molecule has 0 fully saturated rings. The molecule has 0 saturated carbocycles. The first kappa shape index (κ1) is 14.5. The van der Waals surface area contributed by atoms with Crippen molar-refractivity contribution in [1.29, 1.82) is 0 Å². The lowest BCUT2D eigenvalue weighted by molar-refractivity contribution is -0.120. The predicted molar refractivity (Wildman–Crippen MR) is 83.7 cm³/mol. The maximum Gasteiger partial charge on any atom is 0.249 e. The predicted octanol–water partition coefficient (Wildman–Crippen LogP) is 2.26. The molecule has 112 valence electrons. The van der Waals surface area contributed by atoms with Crippen LogP contribution in [0.4, 0.5) is 5.69 Å². The van der Waals surface area contributed by atoms with Gasteiger partial charge in [0.1, 0.15) is 6.04 Å². The van der Waals surface area contributed by atoms with Crippen LogP contribution in [0.15, 0.2) is 49.2 Å². The fourth-order valence-corrected chi connectivity index (χ4v) is 2.34. The molecule has 3 aromatic rings. The highest BCUT2D eigenvalue weighted by atomic mass is 35.5. The number of anilines is 1. The van der Waals surface area contributed by atoms with Gasteiger partial charge in [0.25, 0.3) is 0 Å². The average molecular weight is 317 g/mol. The summed E-state index contributed by atoms with van der Waals surface area (Å²) in [6.45, 7) is -0.324. The van der Waals surface area contributed by atoms with Gasteiger partial charge in [0.05, 0.1) is 30.3 Å². The van der Waals surface area contributed by atoms with Gasteiger partial charge >= 0.3 is 0 Å². The van der Waals surface area contributed by atoms with E-state index in [9.17, 15) is 9.90 Å². The lowest BCUT2D eigenvalue weighted by Gasteiger charge is -2.15. The van der Waals surface area contributed by atoms with Crippen LogP contribution >= 0.6 is 11.6 Å². The summed E-state index contributed by atoms with van der Waals surface area (Å²) in [7, 11) is 0. The van der Waals surface area contributed by atoms with Crippen molar-refractivity contribution in [2.45, 2.75) is 6.04 Å². The molecule has 6 nitrogen and oxygen atoms in total. The maximum atomic E-state index is 12.3. The zero-order chi connectivity index (χ0) is 15.5. The smallest absolute Gasteiger partial charge is 0.249 e. The topological polar surface area (TPSA) is 80.0 Å². The monoisotopic (exact) mass is 316 g/mol. The molecule has 0 saturated heterocycles. The minimum Gasteiger partial charge on any atom is -0.394 e.